The van der Waals surface area contributed by atoms with Crippen molar-refractivity contribution in [1.82, 2.24) is 14.1 Å². The molecule has 0 bridgehead atoms. The average Bonchev–Trinajstić information content (AvgIpc) is 2.67. The SMILES string of the molecule is CC(C)n1c(=O)nc(Nc2cccc(C(F)(F)F)c2)n(CCc2ccccc2)c1=O. The van der Waals surface area contributed by atoms with Gasteiger partial charge in [0.15, 0.2) is 0 Å². The fourth-order valence-electron chi connectivity index (χ4n) is 3.03. The zero-order chi connectivity index (χ0) is 21.9. The minimum atomic E-state index is -4.51. The van der Waals surface area contributed by atoms with E-state index in [1.165, 1.54) is 16.7 Å². The van der Waals surface area contributed by atoms with Gasteiger partial charge in [-0.1, -0.05) is 36.4 Å². The Kier molecular flexibility index (Phi) is 6.09. The summed E-state index contributed by atoms with van der Waals surface area (Å²) in [5.41, 5.74) is -1.14. The monoisotopic (exact) mass is 418 g/mol. The summed E-state index contributed by atoms with van der Waals surface area (Å²) in [5, 5.41) is 2.71. The predicted molar refractivity (Wildman–Crippen MR) is 108 cm³/mol. The van der Waals surface area contributed by atoms with Gasteiger partial charge in [-0.3, -0.25) is 4.57 Å². The van der Waals surface area contributed by atoms with Crippen molar-refractivity contribution < 1.29 is 13.2 Å². The summed E-state index contributed by atoms with van der Waals surface area (Å²) in [6.07, 6.45) is -4.03. The lowest BCUT2D eigenvalue weighted by Gasteiger charge is -2.17. The molecule has 0 aliphatic heterocycles. The second kappa shape index (κ2) is 8.56. The number of hydrogen-bond acceptors (Lipinski definition) is 4. The van der Waals surface area contributed by atoms with E-state index in [4.69, 9.17) is 0 Å². The highest BCUT2D eigenvalue weighted by Gasteiger charge is 2.30. The number of aryl methyl sites for hydroxylation is 1. The maximum atomic E-state index is 13.0. The van der Waals surface area contributed by atoms with Crippen LogP contribution in [-0.2, 0) is 19.1 Å². The molecule has 0 spiro atoms. The fraction of sp³-hybridized carbons (Fsp3) is 0.286. The molecule has 0 amide bonds. The number of rotatable bonds is 6. The lowest BCUT2D eigenvalue weighted by atomic mass is 10.1. The number of benzene rings is 2. The number of anilines is 2. The lowest BCUT2D eigenvalue weighted by molar-refractivity contribution is -0.137. The molecule has 3 rings (SSSR count). The molecule has 0 fully saturated rings. The Morgan fingerprint density at radius 3 is 2.37 bits per heavy atom. The highest BCUT2D eigenvalue weighted by atomic mass is 19.4. The Labute approximate surface area is 170 Å². The predicted octanol–water partition coefficient (Wildman–Crippen LogP) is 3.99. The summed E-state index contributed by atoms with van der Waals surface area (Å²) in [6.45, 7) is 3.57. The molecule has 30 heavy (non-hydrogen) atoms. The quantitative estimate of drug-likeness (QED) is 0.657. The third kappa shape index (κ3) is 4.79. The van der Waals surface area contributed by atoms with E-state index in [2.05, 4.69) is 10.3 Å². The van der Waals surface area contributed by atoms with Gasteiger partial charge in [0.25, 0.3) is 0 Å². The highest BCUT2D eigenvalue weighted by Crippen LogP contribution is 2.31. The molecule has 1 heterocycles. The lowest BCUT2D eigenvalue weighted by Crippen LogP contribution is -2.43. The summed E-state index contributed by atoms with van der Waals surface area (Å²) in [7, 11) is 0. The van der Waals surface area contributed by atoms with E-state index in [9.17, 15) is 22.8 Å². The standard InChI is InChI=1S/C21H21F3N4O2/c1-14(2)28-19(29)26-18(25-17-10-6-9-16(13-17)21(22,23)24)27(20(28)30)12-11-15-7-4-3-5-8-15/h3-10,13-14H,11-12H2,1-2H3,(H,25,26,29). The smallest absolute Gasteiger partial charge is 0.325 e. The first-order valence-corrected chi connectivity index (χ1v) is 9.38. The molecule has 0 atom stereocenters. The van der Waals surface area contributed by atoms with Crippen molar-refractivity contribution >= 4 is 11.6 Å². The van der Waals surface area contributed by atoms with Crippen molar-refractivity contribution in [3.8, 4) is 0 Å². The Hall–Kier alpha value is -3.36. The van der Waals surface area contributed by atoms with Gasteiger partial charge >= 0.3 is 17.6 Å². The highest BCUT2D eigenvalue weighted by molar-refractivity contribution is 5.54. The van der Waals surface area contributed by atoms with E-state index in [0.717, 1.165) is 22.3 Å². The van der Waals surface area contributed by atoms with Crippen LogP contribution in [0.3, 0.4) is 0 Å². The van der Waals surface area contributed by atoms with Crippen LogP contribution in [0.4, 0.5) is 24.8 Å². The summed E-state index contributed by atoms with van der Waals surface area (Å²) in [4.78, 5) is 29.3. The zero-order valence-corrected chi connectivity index (χ0v) is 16.5. The molecule has 0 aliphatic rings. The molecule has 9 heteroatoms. The van der Waals surface area contributed by atoms with Crippen molar-refractivity contribution in [3.05, 3.63) is 86.7 Å². The average molecular weight is 418 g/mol. The van der Waals surface area contributed by atoms with Crippen LogP contribution in [-0.4, -0.2) is 14.1 Å². The minimum absolute atomic E-state index is 0.0758. The van der Waals surface area contributed by atoms with E-state index < -0.39 is 29.2 Å². The van der Waals surface area contributed by atoms with Crippen molar-refractivity contribution in [2.45, 2.75) is 39.0 Å². The largest absolute Gasteiger partial charge is 0.416 e. The van der Waals surface area contributed by atoms with Crippen LogP contribution < -0.4 is 16.7 Å². The summed E-state index contributed by atoms with van der Waals surface area (Å²) in [5.74, 6) is -0.0999. The van der Waals surface area contributed by atoms with Crippen LogP contribution >= 0.6 is 0 Å². The van der Waals surface area contributed by atoms with Crippen LogP contribution in [0.1, 0.15) is 31.0 Å². The number of hydrogen-bond donors (Lipinski definition) is 1. The number of aromatic nitrogens is 3. The van der Waals surface area contributed by atoms with E-state index in [0.29, 0.717) is 6.42 Å². The molecular formula is C21H21F3N4O2. The van der Waals surface area contributed by atoms with Crippen molar-refractivity contribution in [2.75, 3.05) is 5.32 Å². The molecule has 1 N–H and O–H groups in total. The van der Waals surface area contributed by atoms with E-state index >= 15 is 0 Å². The van der Waals surface area contributed by atoms with Crippen molar-refractivity contribution in [1.29, 1.82) is 0 Å². The molecule has 0 saturated heterocycles. The van der Waals surface area contributed by atoms with E-state index in [1.807, 2.05) is 30.3 Å². The number of nitrogens with zero attached hydrogens (tertiary/aromatic N) is 3. The first-order valence-electron chi connectivity index (χ1n) is 9.38. The zero-order valence-electron chi connectivity index (χ0n) is 16.5. The Bertz CT molecular complexity index is 1140. The first kappa shape index (κ1) is 21.4. The molecule has 2 aromatic carbocycles. The van der Waals surface area contributed by atoms with Gasteiger partial charge in [0.1, 0.15) is 0 Å². The van der Waals surface area contributed by atoms with Crippen LogP contribution in [0, 0.1) is 0 Å². The molecule has 0 aliphatic carbocycles. The Morgan fingerprint density at radius 2 is 1.73 bits per heavy atom. The first-order chi connectivity index (χ1) is 14.2. The molecule has 0 saturated carbocycles. The molecule has 0 radical (unpaired) electrons. The second-order valence-corrected chi connectivity index (χ2v) is 7.06. The number of nitrogens with one attached hydrogen (secondary N) is 1. The van der Waals surface area contributed by atoms with Gasteiger partial charge in [-0.2, -0.15) is 18.2 Å². The molecule has 6 nitrogen and oxygen atoms in total. The molecule has 1 aromatic heterocycles. The van der Waals surface area contributed by atoms with E-state index in [-0.39, 0.29) is 18.2 Å². The Balaban J connectivity index is 2.02. The van der Waals surface area contributed by atoms with Crippen LogP contribution in [0.2, 0.25) is 0 Å². The normalized spacial score (nSPS) is 11.7. The fourth-order valence-corrected chi connectivity index (χ4v) is 3.03. The maximum absolute atomic E-state index is 13.0. The summed E-state index contributed by atoms with van der Waals surface area (Å²) in [6, 6.07) is 13.5. The molecule has 0 unspecified atom stereocenters. The van der Waals surface area contributed by atoms with Crippen molar-refractivity contribution in [2.24, 2.45) is 0 Å². The molecular weight excluding hydrogens is 397 g/mol. The topological polar surface area (TPSA) is 68.9 Å². The van der Waals surface area contributed by atoms with Crippen LogP contribution in [0.25, 0.3) is 0 Å². The summed E-state index contributed by atoms with van der Waals surface area (Å²) >= 11 is 0. The third-order valence-corrected chi connectivity index (χ3v) is 4.53. The number of halogens is 3. The van der Waals surface area contributed by atoms with Gasteiger partial charge in [0, 0.05) is 18.3 Å². The van der Waals surface area contributed by atoms with Gasteiger partial charge in [0.2, 0.25) is 5.95 Å². The molecule has 158 valence electrons. The van der Waals surface area contributed by atoms with Gasteiger partial charge in [-0.15, -0.1) is 0 Å². The molecule has 3 aromatic rings. The van der Waals surface area contributed by atoms with Crippen LogP contribution in [0.5, 0.6) is 0 Å². The number of alkyl halides is 3. The third-order valence-electron chi connectivity index (χ3n) is 4.53. The Morgan fingerprint density at radius 1 is 1.03 bits per heavy atom. The minimum Gasteiger partial charge on any atom is -0.325 e. The van der Waals surface area contributed by atoms with Gasteiger partial charge in [-0.25, -0.2) is 14.2 Å². The van der Waals surface area contributed by atoms with Gasteiger partial charge < -0.3 is 5.32 Å². The van der Waals surface area contributed by atoms with E-state index in [1.54, 1.807) is 13.8 Å². The second-order valence-electron chi connectivity index (χ2n) is 7.06. The van der Waals surface area contributed by atoms with Crippen LogP contribution in [0.15, 0.2) is 64.2 Å². The maximum Gasteiger partial charge on any atom is 0.416 e. The van der Waals surface area contributed by atoms with Gasteiger partial charge in [-0.05, 0) is 44.0 Å². The summed E-state index contributed by atoms with van der Waals surface area (Å²) < 4.78 is 41.3. The van der Waals surface area contributed by atoms with Crippen molar-refractivity contribution in [3.63, 3.8) is 0 Å². The van der Waals surface area contributed by atoms with Gasteiger partial charge in [0.05, 0.1) is 5.56 Å².